The van der Waals surface area contributed by atoms with Crippen LogP contribution in [0.1, 0.15) is 27.8 Å². The van der Waals surface area contributed by atoms with Gasteiger partial charge in [-0.1, -0.05) is 48.0 Å². The number of benzene rings is 3. The minimum absolute atomic E-state index is 0. The number of carbonyl (C=O) groups excluding carboxylic acids is 1. The number of amidine groups is 1. The van der Waals surface area contributed by atoms with Crippen molar-refractivity contribution in [3.05, 3.63) is 88.5 Å². The van der Waals surface area contributed by atoms with Gasteiger partial charge in [0.2, 0.25) is 5.91 Å². The zero-order chi connectivity index (χ0) is 24.2. The first kappa shape index (κ1) is 26.7. The molecule has 0 saturated carbocycles. The number of carbonyl (C=O) groups is 1. The van der Waals surface area contributed by atoms with Crippen molar-refractivity contribution in [3.8, 4) is 5.75 Å². The Labute approximate surface area is 205 Å². The van der Waals surface area contributed by atoms with Crippen LogP contribution in [-0.4, -0.2) is 25.3 Å². The van der Waals surface area contributed by atoms with Crippen LogP contribution in [0.25, 0.3) is 0 Å². The highest BCUT2D eigenvalue weighted by molar-refractivity contribution is 7.92. The van der Waals surface area contributed by atoms with E-state index in [0.717, 1.165) is 11.1 Å². The molecule has 180 valence electrons. The molecule has 0 saturated heterocycles. The summed E-state index contributed by atoms with van der Waals surface area (Å²) in [4.78, 5) is 12.6. The average Bonchev–Trinajstić information content (AvgIpc) is 2.77. The van der Waals surface area contributed by atoms with E-state index in [1.165, 1.54) is 18.2 Å². The number of aromatic hydroxyl groups is 1. The second-order valence-corrected chi connectivity index (χ2v) is 9.42. The summed E-state index contributed by atoms with van der Waals surface area (Å²) in [5.41, 5.74) is 8.78. The number of phenols is 1. The predicted octanol–water partition coefficient (Wildman–Crippen LogP) is 3.37. The van der Waals surface area contributed by atoms with Crippen LogP contribution in [0, 0.1) is 19.3 Å². The molecule has 0 atom stereocenters. The highest BCUT2D eigenvalue weighted by Gasteiger charge is 2.19. The van der Waals surface area contributed by atoms with Crippen LogP contribution < -0.4 is 15.8 Å². The Morgan fingerprint density at radius 2 is 1.62 bits per heavy atom. The monoisotopic (exact) mass is 502 g/mol. The third kappa shape index (κ3) is 6.49. The summed E-state index contributed by atoms with van der Waals surface area (Å²) in [6.45, 7) is 3.85. The molecule has 0 aliphatic heterocycles. The van der Waals surface area contributed by atoms with Gasteiger partial charge in [0.05, 0.1) is 17.0 Å². The van der Waals surface area contributed by atoms with Crippen molar-refractivity contribution >= 4 is 39.9 Å². The SMILES string of the molecule is Cc1ccc(S(=O)(=O)Nc2ccc(C)c(CC(=O)NCc3ccc(C(=N)N)cc3)c2O)cc1.Cl. The summed E-state index contributed by atoms with van der Waals surface area (Å²) in [5, 5.41) is 20.9. The lowest BCUT2D eigenvalue weighted by atomic mass is 10.0. The van der Waals surface area contributed by atoms with Crippen LogP contribution in [0.15, 0.2) is 65.6 Å². The zero-order valence-electron chi connectivity index (χ0n) is 18.8. The summed E-state index contributed by atoms with van der Waals surface area (Å²) < 4.78 is 27.8. The molecular weight excluding hydrogens is 476 g/mol. The first-order valence-corrected chi connectivity index (χ1v) is 11.7. The Morgan fingerprint density at radius 3 is 2.21 bits per heavy atom. The van der Waals surface area contributed by atoms with Crippen molar-refractivity contribution in [2.75, 3.05) is 4.72 Å². The smallest absolute Gasteiger partial charge is 0.262 e. The molecule has 0 bridgehead atoms. The standard InChI is InChI=1S/C24H26N4O4S.ClH/c1-15-3-10-19(11-4-15)33(31,32)28-21-12-5-16(2)20(23(21)30)13-22(29)27-14-17-6-8-18(9-7-17)24(25)26;/h3-12,28,30H,13-14H2,1-2H3,(H3,25,26)(H,27,29);1H. The average molecular weight is 503 g/mol. The highest BCUT2D eigenvalue weighted by Crippen LogP contribution is 2.32. The Kier molecular flexibility index (Phi) is 8.67. The van der Waals surface area contributed by atoms with Crippen LogP contribution in [0.3, 0.4) is 0 Å². The molecule has 6 N–H and O–H groups in total. The van der Waals surface area contributed by atoms with Gasteiger partial charge in [0.1, 0.15) is 11.6 Å². The van der Waals surface area contributed by atoms with E-state index in [-0.39, 0.29) is 53.4 Å². The molecule has 3 aromatic rings. The van der Waals surface area contributed by atoms with Gasteiger partial charge in [-0.3, -0.25) is 14.9 Å². The van der Waals surface area contributed by atoms with Crippen LogP contribution in [-0.2, 0) is 27.8 Å². The first-order valence-electron chi connectivity index (χ1n) is 10.2. The Bertz CT molecular complexity index is 1290. The number of sulfonamides is 1. The third-order valence-electron chi connectivity index (χ3n) is 5.18. The summed E-state index contributed by atoms with van der Waals surface area (Å²) in [6.07, 6.45) is -0.122. The highest BCUT2D eigenvalue weighted by atomic mass is 35.5. The topological polar surface area (TPSA) is 145 Å². The van der Waals surface area contributed by atoms with Crippen LogP contribution in [0.2, 0.25) is 0 Å². The van der Waals surface area contributed by atoms with Crippen molar-refractivity contribution in [2.45, 2.75) is 31.7 Å². The Balaban J connectivity index is 0.00000408. The second kappa shape index (κ2) is 11.0. The molecule has 1 amide bonds. The number of nitrogen functional groups attached to an aromatic ring is 1. The summed E-state index contributed by atoms with van der Waals surface area (Å²) in [7, 11) is -3.90. The maximum atomic E-state index is 12.7. The number of hydrogen-bond donors (Lipinski definition) is 5. The maximum Gasteiger partial charge on any atom is 0.262 e. The van der Waals surface area contributed by atoms with Gasteiger partial charge in [0.25, 0.3) is 10.0 Å². The normalized spacial score (nSPS) is 10.8. The molecule has 0 radical (unpaired) electrons. The third-order valence-corrected chi connectivity index (χ3v) is 6.57. The fourth-order valence-electron chi connectivity index (χ4n) is 3.19. The molecule has 3 aromatic carbocycles. The Hall–Kier alpha value is -3.56. The van der Waals surface area contributed by atoms with Gasteiger partial charge in [-0.15, -0.1) is 12.4 Å². The molecule has 8 nitrogen and oxygen atoms in total. The lowest BCUT2D eigenvalue weighted by molar-refractivity contribution is -0.120. The number of rotatable bonds is 8. The zero-order valence-corrected chi connectivity index (χ0v) is 20.4. The number of halogens is 1. The van der Waals surface area contributed by atoms with E-state index in [2.05, 4.69) is 10.0 Å². The quantitative estimate of drug-likeness (QED) is 0.182. The van der Waals surface area contributed by atoms with Gasteiger partial charge in [-0.05, 0) is 43.2 Å². The molecule has 0 unspecified atom stereocenters. The van der Waals surface area contributed by atoms with E-state index in [9.17, 15) is 18.3 Å². The molecule has 0 aliphatic carbocycles. The number of nitrogens with one attached hydrogen (secondary N) is 3. The first-order chi connectivity index (χ1) is 15.6. The molecule has 0 fully saturated rings. The second-order valence-electron chi connectivity index (χ2n) is 7.74. The predicted molar refractivity (Wildman–Crippen MR) is 135 cm³/mol. The summed E-state index contributed by atoms with van der Waals surface area (Å²) in [5.74, 6) is -0.649. The van der Waals surface area contributed by atoms with Gasteiger partial charge in [-0.25, -0.2) is 8.42 Å². The van der Waals surface area contributed by atoms with E-state index < -0.39 is 10.0 Å². The largest absolute Gasteiger partial charge is 0.505 e. The van der Waals surface area contributed by atoms with Gasteiger partial charge in [0.15, 0.2) is 0 Å². The summed E-state index contributed by atoms with van der Waals surface area (Å²) >= 11 is 0. The van der Waals surface area contributed by atoms with E-state index in [4.69, 9.17) is 11.1 Å². The fourth-order valence-corrected chi connectivity index (χ4v) is 4.26. The van der Waals surface area contributed by atoms with Crippen molar-refractivity contribution in [3.63, 3.8) is 0 Å². The van der Waals surface area contributed by atoms with Crippen molar-refractivity contribution < 1.29 is 18.3 Å². The molecule has 0 aromatic heterocycles. The van der Waals surface area contributed by atoms with Crippen LogP contribution in [0.4, 0.5) is 5.69 Å². The summed E-state index contributed by atoms with van der Waals surface area (Å²) in [6, 6.07) is 16.4. The minimum Gasteiger partial charge on any atom is -0.505 e. The number of anilines is 1. The molecule has 10 heteroatoms. The van der Waals surface area contributed by atoms with E-state index in [1.807, 2.05) is 6.92 Å². The Morgan fingerprint density at radius 1 is 1.00 bits per heavy atom. The lowest BCUT2D eigenvalue weighted by Gasteiger charge is -2.15. The number of aryl methyl sites for hydroxylation is 2. The molecule has 34 heavy (non-hydrogen) atoms. The maximum absolute atomic E-state index is 12.7. The lowest BCUT2D eigenvalue weighted by Crippen LogP contribution is -2.25. The van der Waals surface area contributed by atoms with Crippen molar-refractivity contribution in [1.29, 1.82) is 5.41 Å². The fraction of sp³-hybridized carbons (Fsp3) is 0.167. The van der Waals surface area contributed by atoms with Gasteiger partial charge < -0.3 is 16.2 Å². The number of hydrogen-bond acceptors (Lipinski definition) is 5. The number of amides is 1. The minimum atomic E-state index is -3.90. The van der Waals surface area contributed by atoms with Crippen molar-refractivity contribution in [1.82, 2.24) is 5.32 Å². The molecule has 0 aliphatic rings. The molecule has 0 heterocycles. The van der Waals surface area contributed by atoms with Gasteiger partial charge in [0, 0.05) is 17.7 Å². The van der Waals surface area contributed by atoms with Gasteiger partial charge in [-0.2, -0.15) is 0 Å². The van der Waals surface area contributed by atoms with Crippen LogP contribution >= 0.6 is 12.4 Å². The van der Waals surface area contributed by atoms with E-state index in [1.54, 1.807) is 49.4 Å². The number of nitrogens with two attached hydrogens (primary N) is 1. The van der Waals surface area contributed by atoms with Gasteiger partial charge >= 0.3 is 0 Å². The van der Waals surface area contributed by atoms with E-state index in [0.29, 0.717) is 16.7 Å². The molecule has 3 rings (SSSR count). The van der Waals surface area contributed by atoms with Crippen molar-refractivity contribution in [2.24, 2.45) is 5.73 Å². The number of phenolic OH excluding ortho intramolecular Hbond substituents is 1. The van der Waals surface area contributed by atoms with Crippen LogP contribution in [0.5, 0.6) is 5.75 Å². The molecular formula is C24H27ClN4O4S. The van der Waals surface area contributed by atoms with E-state index >= 15 is 0 Å². The molecule has 0 spiro atoms.